The fourth-order valence-corrected chi connectivity index (χ4v) is 1.22. The van der Waals surface area contributed by atoms with Gasteiger partial charge >= 0.3 is 0 Å². The Morgan fingerprint density at radius 1 is 1.73 bits per heavy atom. The van der Waals surface area contributed by atoms with Gasteiger partial charge < -0.3 is 0 Å². The van der Waals surface area contributed by atoms with Crippen LogP contribution in [0.2, 0.25) is 0 Å². The molecule has 0 aromatic carbocycles. The van der Waals surface area contributed by atoms with E-state index in [1.807, 2.05) is 0 Å². The van der Waals surface area contributed by atoms with E-state index in [2.05, 4.69) is 30.8 Å². The lowest BCUT2D eigenvalue weighted by Crippen LogP contribution is -1.88. The zero-order valence-corrected chi connectivity index (χ0v) is 6.85. The first-order chi connectivity index (χ1) is 5.34. The Labute approximate surface area is 68.7 Å². The van der Waals surface area contributed by atoms with Crippen LogP contribution >= 0.6 is 0 Å². The molecule has 1 unspecified atom stereocenters. The molecular formula is C11H12. The van der Waals surface area contributed by atoms with E-state index in [1.165, 1.54) is 18.4 Å². The Balaban J connectivity index is 2.52. The van der Waals surface area contributed by atoms with Crippen LogP contribution in [0.15, 0.2) is 11.6 Å². The Hall–Kier alpha value is -1.14. The van der Waals surface area contributed by atoms with Crippen molar-refractivity contribution in [2.45, 2.75) is 26.2 Å². The third-order valence-electron chi connectivity index (χ3n) is 1.92. The van der Waals surface area contributed by atoms with E-state index in [-0.39, 0.29) is 0 Å². The quantitative estimate of drug-likeness (QED) is 0.458. The van der Waals surface area contributed by atoms with Crippen molar-refractivity contribution in [2.75, 3.05) is 0 Å². The first-order valence-electron chi connectivity index (χ1n) is 3.97. The zero-order valence-electron chi connectivity index (χ0n) is 6.85. The molecule has 0 nitrogen and oxygen atoms in total. The van der Waals surface area contributed by atoms with Gasteiger partial charge in [-0.25, -0.2) is 0 Å². The fourth-order valence-electron chi connectivity index (χ4n) is 1.22. The van der Waals surface area contributed by atoms with Crippen LogP contribution < -0.4 is 0 Å². The zero-order chi connectivity index (χ0) is 8.10. The van der Waals surface area contributed by atoms with Crippen molar-refractivity contribution >= 4 is 0 Å². The largest absolute Gasteiger partial charge is 0.119 e. The van der Waals surface area contributed by atoms with Crippen molar-refractivity contribution in [3.05, 3.63) is 11.6 Å². The summed E-state index contributed by atoms with van der Waals surface area (Å²) in [6.45, 7) is 2.21. The molecule has 0 radical (unpaired) electrons. The van der Waals surface area contributed by atoms with Crippen LogP contribution in [-0.2, 0) is 0 Å². The maximum Gasteiger partial charge on any atom is 0.0703 e. The highest BCUT2D eigenvalue weighted by molar-refractivity contribution is 5.33. The highest BCUT2D eigenvalue weighted by atomic mass is 14.1. The van der Waals surface area contributed by atoms with Crippen molar-refractivity contribution in [3.8, 4) is 24.2 Å². The molecular weight excluding hydrogens is 132 g/mol. The molecule has 0 aliphatic heterocycles. The third kappa shape index (κ3) is 2.17. The van der Waals surface area contributed by atoms with Gasteiger partial charge in [-0.15, -0.1) is 6.42 Å². The summed E-state index contributed by atoms with van der Waals surface area (Å²) in [5, 5.41) is 0. The van der Waals surface area contributed by atoms with Gasteiger partial charge in [-0.1, -0.05) is 30.8 Å². The van der Waals surface area contributed by atoms with Crippen LogP contribution in [0.5, 0.6) is 0 Å². The fraction of sp³-hybridized carbons (Fsp3) is 0.455. The minimum absolute atomic E-state index is 0.573. The Bertz CT molecular complexity index is 252. The molecule has 0 aromatic rings. The summed E-state index contributed by atoms with van der Waals surface area (Å²) in [6, 6.07) is 0. The second-order valence-corrected chi connectivity index (χ2v) is 2.82. The van der Waals surface area contributed by atoms with Gasteiger partial charge in [0.15, 0.2) is 0 Å². The number of hydrogen-bond donors (Lipinski definition) is 0. The molecule has 1 atom stereocenters. The molecule has 0 saturated carbocycles. The van der Waals surface area contributed by atoms with Crippen LogP contribution in [0.4, 0.5) is 0 Å². The van der Waals surface area contributed by atoms with E-state index in [9.17, 15) is 0 Å². The third-order valence-corrected chi connectivity index (χ3v) is 1.92. The lowest BCUT2D eigenvalue weighted by atomic mass is 10.1. The molecule has 1 rings (SSSR count). The average Bonchev–Trinajstić information content (AvgIpc) is 2.37. The van der Waals surface area contributed by atoms with Crippen molar-refractivity contribution in [1.29, 1.82) is 0 Å². The Kier molecular flexibility index (Phi) is 2.82. The van der Waals surface area contributed by atoms with Gasteiger partial charge in [0.2, 0.25) is 0 Å². The van der Waals surface area contributed by atoms with Crippen molar-refractivity contribution in [3.63, 3.8) is 0 Å². The summed E-state index contributed by atoms with van der Waals surface area (Å²) in [7, 11) is 0. The lowest BCUT2D eigenvalue weighted by molar-refractivity contribution is 0.685. The molecule has 11 heavy (non-hydrogen) atoms. The highest BCUT2D eigenvalue weighted by Gasteiger charge is 2.10. The average molecular weight is 144 g/mol. The normalized spacial score (nSPS) is 21.5. The summed E-state index contributed by atoms with van der Waals surface area (Å²) in [5.74, 6) is 9.21. The van der Waals surface area contributed by atoms with Crippen LogP contribution in [0, 0.1) is 30.1 Å². The maximum absolute atomic E-state index is 5.08. The van der Waals surface area contributed by atoms with E-state index >= 15 is 0 Å². The molecule has 0 aromatic heterocycles. The summed E-state index contributed by atoms with van der Waals surface area (Å²) in [4.78, 5) is 0. The van der Waals surface area contributed by atoms with E-state index in [0.29, 0.717) is 12.3 Å². The van der Waals surface area contributed by atoms with Gasteiger partial charge in [0.05, 0.1) is 6.42 Å². The highest BCUT2D eigenvalue weighted by Crippen LogP contribution is 2.23. The molecule has 1 aliphatic carbocycles. The standard InChI is InChI=1S/C11H12/c1-3-4-5-8-11-9-6-7-10(11)2/h1,9-10H,4,6-7H2,2H3. The lowest BCUT2D eigenvalue weighted by Gasteiger charge is -1.98. The minimum Gasteiger partial charge on any atom is -0.119 e. The van der Waals surface area contributed by atoms with Crippen molar-refractivity contribution in [1.82, 2.24) is 0 Å². The van der Waals surface area contributed by atoms with Gasteiger partial charge in [0, 0.05) is 5.57 Å². The van der Waals surface area contributed by atoms with Crippen LogP contribution in [0.1, 0.15) is 26.2 Å². The van der Waals surface area contributed by atoms with Crippen molar-refractivity contribution in [2.24, 2.45) is 5.92 Å². The van der Waals surface area contributed by atoms with Gasteiger partial charge in [-0.3, -0.25) is 0 Å². The van der Waals surface area contributed by atoms with E-state index in [0.717, 1.165) is 0 Å². The number of rotatable bonds is 0. The molecule has 0 heteroatoms. The molecule has 0 bridgehead atoms. The monoisotopic (exact) mass is 144 g/mol. The predicted octanol–water partition coefficient (Wildman–Crippen LogP) is 2.37. The Morgan fingerprint density at radius 3 is 3.09 bits per heavy atom. The smallest absolute Gasteiger partial charge is 0.0703 e. The SMILES string of the molecule is C#CCC#CC1=CCCC1C. The molecule has 0 fully saturated rings. The molecule has 1 aliphatic rings. The molecule has 0 saturated heterocycles. The van der Waals surface area contributed by atoms with Gasteiger partial charge in [-0.05, 0) is 18.8 Å². The Morgan fingerprint density at radius 2 is 2.55 bits per heavy atom. The number of hydrogen-bond acceptors (Lipinski definition) is 0. The van der Waals surface area contributed by atoms with Gasteiger partial charge in [-0.2, -0.15) is 0 Å². The summed E-state index contributed by atoms with van der Waals surface area (Å²) in [5.41, 5.74) is 1.28. The summed E-state index contributed by atoms with van der Waals surface area (Å²) < 4.78 is 0. The number of terminal acetylenes is 1. The molecule has 0 spiro atoms. The first-order valence-corrected chi connectivity index (χ1v) is 3.97. The van der Waals surface area contributed by atoms with Crippen LogP contribution in [0.25, 0.3) is 0 Å². The number of allylic oxidation sites excluding steroid dienone is 2. The van der Waals surface area contributed by atoms with Gasteiger partial charge in [0.25, 0.3) is 0 Å². The molecule has 56 valence electrons. The van der Waals surface area contributed by atoms with Gasteiger partial charge in [0.1, 0.15) is 0 Å². The van der Waals surface area contributed by atoms with E-state index in [4.69, 9.17) is 6.42 Å². The van der Waals surface area contributed by atoms with E-state index in [1.54, 1.807) is 0 Å². The molecule has 0 amide bonds. The molecule has 0 N–H and O–H groups in total. The second-order valence-electron chi connectivity index (χ2n) is 2.82. The molecule has 0 heterocycles. The summed E-state index contributed by atoms with van der Waals surface area (Å²) in [6.07, 6.45) is 10.3. The van der Waals surface area contributed by atoms with Crippen molar-refractivity contribution < 1.29 is 0 Å². The first kappa shape index (κ1) is 7.96. The topological polar surface area (TPSA) is 0 Å². The van der Waals surface area contributed by atoms with Crippen LogP contribution in [0.3, 0.4) is 0 Å². The van der Waals surface area contributed by atoms with Crippen LogP contribution in [-0.4, -0.2) is 0 Å². The second kappa shape index (κ2) is 3.89. The predicted molar refractivity (Wildman–Crippen MR) is 47.7 cm³/mol. The maximum atomic E-state index is 5.08. The van der Waals surface area contributed by atoms with E-state index < -0.39 is 0 Å². The summed E-state index contributed by atoms with van der Waals surface area (Å²) >= 11 is 0. The minimum atomic E-state index is 0.573.